The van der Waals surface area contributed by atoms with Crippen LogP contribution < -0.4 is 10.9 Å². The van der Waals surface area contributed by atoms with Gasteiger partial charge in [0.1, 0.15) is 5.56 Å². The Hall–Kier alpha value is -2.69. The third-order valence-corrected chi connectivity index (χ3v) is 4.58. The van der Waals surface area contributed by atoms with Gasteiger partial charge in [0.15, 0.2) is 5.78 Å². The number of Topliss-reactive ketones (excluding diaryl/α,β-unsaturated/α-hetero) is 1. The van der Waals surface area contributed by atoms with Crippen molar-refractivity contribution in [3.63, 3.8) is 0 Å². The summed E-state index contributed by atoms with van der Waals surface area (Å²) in [5.74, 6) is -0.546. The average molecular weight is 338 g/mol. The number of amides is 1. The summed E-state index contributed by atoms with van der Waals surface area (Å²) in [6, 6.07) is 8.89. The number of aryl methyl sites for hydroxylation is 1. The van der Waals surface area contributed by atoms with Crippen LogP contribution in [-0.2, 0) is 12.8 Å². The molecule has 0 saturated heterocycles. The maximum atomic E-state index is 12.5. The molecule has 5 nitrogen and oxygen atoms in total. The molecule has 0 saturated carbocycles. The van der Waals surface area contributed by atoms with E-state index < -0.39 is 11.5 Å². The number of pyridine rings is 1. The largest absolute Gasteiger partial charge is 0.325 e. The average Bonchev–Trinajstić information content (AvgIpc) is 2.53. The number of ketones is 1. The minimum Gasteiger partial charge on any atom is -0.325 e. The van der Waals surface area contributed by atoms with Gasteiger partial charge < -0.3 is 10.3 Å². The van der Waals surface area contributed by atoms with Crippen LogP contribution in [0.2, 0.25) is 0 Å². The number of hydrogen-bond acceptors (Lipinski definition) is 3. The third-order valence-electron chi connectivity index (χ3n) is 4.58. The summed E-state index contributed by atoms with van der Waals surface area (Å²) in [4.78, 5) is 39.9. The van der Waals surface area contributed by atoms with Crippen LogP contribution >= 0.6 is 0 Å². The Morgan fingerprint density at radius 2 is 1.84 bits per heavy atom. The van der Waals surface area contributed by atoms with Crippen molar-refractivity contribution < 1.29 is 9.59 Å². The first kappa shape index (κ1) is 17.1. The number of H-pyrrole nitrogens is 1. The molecular formula is C20H22N2O3. The van der Waals surface area contributed by atoms with Crippen LogP contribution in [0.15, 0.2) is 35.1 Å². The smallest absolute Gasteiger partial charge is 0.261 e. The van der Waals surface area contributed by atoms with E-state index >= 15 is 0 Å². The van der Waals surface area contributed by atoms with E-state index in [1.165, 1.54) is 6.07 Å². The predicted octanol–water partition coefficient (Wildman–Crippen LogP) is 3.34. The first-order valence-electron chi connectivity index (χ1n) is 8.49. The summed E-state index contributed by atoms with van der Waals surface area (Å²) >= 11 is 0. The van der Waals surface area contributed by atoms with Crippen molar-refractivity contribution in [1.82, 2.24) is 4.98 Å². The molecule has 0 bridgehead atoms. The highest BCUT2D eigenvalue weighted by molar-refractivity contribution is 6.06. The van der Waals surface area contributed by atoms with Crippen LogP contribution in [0.1, 0.15) is 59.2 Å². The minimum absolute atomic E-state index is 0.0358. The summed E-state index contributed by atoms with van der Waals surface area (Å²) in [5, 5.41) is 2.72. The molecule has 25 heavy (non-hydrogen) atoms. The van der Waals surface area contributed by atoms with Gasteiger partial charge in [-0.05, 0) is 42.0 Å². The molecule has 1 aromatic heterocycles. The third kappa shape index (κ3) is 3.55. The van der Waals surface area contributed by atoms with E-state index in [0.717, 1.165) is 12.0 Å². The molecule has 1 aromatic carbocycles. The quantitative estimate of drug-likeness (QED) is 0.901. The Kier molecular flexibility index (Phi) is 4.33. The van der Waals surface area contributed by atoms with Gasteiger partial charge in [-0.1, -0.05) is 32.9 Å². The number of anilines is 1. The number of nitrogens with one attached hydrogen (secondary N) is 2. The molecule has 2 aromatic rings. The molecule has 1 amide bonds. The number of fused-ring (bicyclic) bond motifs is 1. The number of aromatic nitrogens is 1. The number of carbonyl (C=O) groups is 2. The Morgan fingerprint density at radius 1 is 1.16 bits per heavy atom. The zero-order valence-corrected chi connectivity index (χ0v) is 14.7. The number of hydrogen-bond donors (Lipinski definition) is 2. The van der Waals surface area contributed by atoms with Gasteiger partial charge in [-0.2, -0.15) is 0 Å². The molecule has 0 spiro atoms. The molecule has 1 heterocycles. The molecule has 1 aliphatic carbocycles. The highest BCUT2D eigenvalue weighted by Gasteiger charge is 2.32. The van der Waals surface area contributed by atoms with Gasteiger partial charge in [0.25, 0.3) is 11.5 Å². The van der Waals surface area contributed by atoms with Crippen molar-refractivity contribution in [3.8, 4) is 0 Å². The van der Waals surface area contributed by atoms with Crippen molar-refractivity contribution in [2.45, 2.75) is 40.0 Å². The van der Waals surface area contributed by atoms with Gasteiger partial charge in [-0.3, -0.25) is 14.4 Å². The van der Waals surface area contributed by atoms with Crippen LogP contribution in [0, 0.1) is 5.41 Å². The maximum Gasteiger partial charge on any atom is 0.261 e. The van der Waals surface area contributed by atoms with Gasteiger partial charge in [0, 0.05) is 23.4 Å². The summed E-state index contributed by atoms with van der Waals surface area (Å²) < 4.78 is 0. The van der Waals surface area contributed by atoms with Crippen LogP contribution in [0.25, 0.3) is 0 Å². The van der Waals surface area contributed by atoms with Crippen LogP contribution in [0.3, 0.4) is 0 Å². The lowest BCUT2D eigenvalue weighted by Crippen LogP contribution is -2.32. The lowest BCUT2D eigenvalue weighted by molar-refractivity contribution is 0.0910. The summed E-state index contributed by atoms with van der Waals surface area (Å²) in [5.41, 5.74) is 2.17. The highest BCUT2D eigenvalue weighted by atomic mass is 16.2. The molecule has 2 N–H and O–H groups in total. The fourth-order valence-corrected chi connectivity index (χ4v) is 3.22. The fourth-order valence-electron chi connectivity index (χ4n) is 3.22. The van der Waals surface area contributed by atoms with Gasteiger partial charge in [0.2, 0.25) is 0 Å². The zero-order chi connectivity index (χ0) is 18.2. The predicted molar refractivity (Wildman–Crippen MR) is 97.3 cm³/mol. The molecular weight excluding hydrogens is 316 g/mol. The molecule has 0 unspecified atom stereocenters. The van der Waals surface area contributed by atoms with Crippen molar-refractivity contribution in [3.05, 3.63) is 63.1 Å². The van der Waals surface area contributed by atoms with Gasteiger partial charge in [-0.25, -0.2) is 0 Å². The standard InChI is InChI=1S/C20H22N2O3/c1-4-12-5-7-13(8-6-12)21-18(24)15-9-14-16(22-19(15)25)10-20(2,3)11-17(14)23/h5-9H,4,10-11H2,1-3H3,(H,21,24)(H,22,25). The summed E-state index contributed by atoms with van der Waals surface area (Å²) in [6.07, 6.45) is 1.94. The summed E-state index contributed by atoms with van der Waals surface area (Å²) in [6.45, 7) is 6.04. The number of benzene rings is 1. The zero-order valence-electron chi connectivity index (χ0n) is 14.7. The Morgan fingerprint density at radius 3 is 2.48 bits per heavy atom. The number of aromatic amines is 1. The number of carbonyl (C=O) groups excluding carboxylic acids is 2. The fraction of sp³-hybridized carbons (Fsp3) is 0.350. The topological polar surface area (TPSA) is 79.0 Å². The Labute approximate surface area is 146 Å². The van der Waals surface area contributed by atoms with E-state index in [2.05, 4.69) is 17.2 Å². The van der Waals surface area contributed by atoms with E-state index in [1.807, 2.05) is 26.0 Å². The molecule has 5 heteroatoms. The van der Waals surface area contributed by atoms with Crippen molar-refractivity contribution in [2.24, 2.45) is 5.41 Å². The molecule has 0 radical (unpaired) electrons. The lowest BCUT2D eigenvalue weighted by Gasteiger charge is -2.29. The first-order chi connectivity index (χ1) is 11.8. The van der Waals surface area contributed by atoms with Crippen molar-refractivity contribution in [1.29, 1.82) is 0 Å². The monoisotopic (exact) mass is 338 g/mol. The van der Waals surface area contributed by atoms with Crippen LogP contribution in [0.4, 0.5) is 5.69 Å². The highest BCUT2D eigenvalue weighted by Crippen LogP contribution is 2.33. The first-order valence-corrected chi connectivity index (χ1v) is 8.49. The molecule has 0 aliphatic heterocycles. The second kappa shape index (κ2) is 6.31. The van der Waals surface area contributed by atoms with Gasteiger partial charge >= 0.3 is 0 Å². The second-order valence-corrected chi connectivity index (χ2v) is 7.35. The number of rotatable bonds is 3. The van der Waals surface area contributed by atoms with Crippen molar-refractivity contribution >= 4 is 17.4 Å². The Balaban J connectivity index is 1.90. The summed E-state index contributed by atoms with van der Waals surface area (Å²) in [7, 11) is 0. The normalized spacial score (nSPS) is 15.6. The van der Waals surface area contributed by atoms with E-state index in [9.17, 15) is 14.4 Å². The molecule has 0 fully saturated rings. The van der Waals surface area contributed by atoms with Crippen LogP contribution in [0.5, 0.6) is 0 Å². The molecule has 1 aliphatic rings. The minimum atomic E-state index is -0.508. The van der Waals surface area contributed by atoms with Crippen molar-refractivity contribution in [2.75, 3.05) is 5.32 Å². The van der Waals surface area contributed by atoms with E-state index in [0.29, 0.717) is 29.8 Å². The Bertz CT molecular complexity index is 892. The molecule has 130 valence electrons. The lowest BCUT2D eigenvalue weighted by atomic mass is 9.75. The molecule has 0 atom stereocenters. The van der Waals surface area contributed by atoms with E-state index in [-0.39, 0.29) is 16.8 Å². The van der Waals surface area contributed by atoms with Gasteiger partial charge in [-0.15, -0.1) is 0 Å². The van der Waals surface area contributed by atoms with E-state index in [4.69, 9.17) is 0 Å². The van der Waals surface area contributed by atoms with Gasteiger partial charge in [0.05, 0.1) is 0 Å². The molecule has 3 rings (SSSR count). The second-order valence-electron chi connectivity index (χ2n) is 7.35. The van der Waals surface area contributed by atoms with Crippen LogP contribution in [-0.4, -0.2) is 16.7 Å². The SMILES string of the molecule is CCc1ccc(NC(=O)c2cc3c([nH]c2=O)CC(C)(C)CC3=O)cc1. The maximum absolute atomic E-state index is 12.5. The van der Waals surface area contributed by atoms with E-state index in [1.54, 1.807) is 12.1 Å².